The normalized spacial score (nSPS) is 10.2. The minimum atomic E-state index is 0.220. The summed E-state index contributed by atoms with van der Waals surface area (Å²) >= 11 is 0. The van der Waals surface area contributed by atoms with Gasteiger partial charge in [-0.25, -0.2) is 0 Å². The van der Waals surface area contributed by atoms with Gasteiger partial charge in [-0.2, -0.15) is 10.2 Å². The zero-order chi connectivity index (χ0) is 7.68. The van der Waals surface area contributed by atoms with E-state index in [1.165, 1.54) is 0 Å². The van der Waals surface area contributed by atoms with Crippen LogP contribution in [0.3, 0.4) is 0 Å². The van der Waals surface area contributed by atoms with Crippen LogP contribution < -0.4 is 0 Å². The second-order valence-corrected chi connectivity index (χ2v) is 2.27. The van der Waals surface area contributed by atoms with Crippen LogP contribution in [0.25, 0.3) is 10.9 Å². The van der Waals surface area contributed by atoms with E-state index in [1.54, 1.807) is 24.4 Å². The van der Waals surface area contributed by atoms with Crippen LogP contribution >= 0.6 is 0 Å². The molecule has 3 heteroatoms. The number of nitrogens with zero attached hydrogens (tertiary/aromatic N) is 2. The van der Waals surface area contributed by atoms with E-state index in [0.717, 1.165) is 5.39 Å². The molecule has 0 aliphatic heterocycles. The van der Waals surface area contributed by atoms with Gasteiger partial charge in [0.25, 0.3) is 0 Å². The van der Waals surface area contributed by atoms with Crippen molar-refractivity contribution in [2.45, 2.75) is 0 Å². The van der Waals surface area contributed by atoms with Gasteiger partial charge in [0.2, 0.25) is 0 Å². The summed E-state index contributed by atoms with van der Waals surface area (Å²) in [5.41, 5.74) is 0.715. The highest BCUT2D eigenvalue weighted by atomic mass is 16.3. The highest BCUT2D eigenvalue weighted by Gasteiger charge is 1.93. The molecule has 11 heavy (non-hydrogen) atoms. The lowest BCUT2D eigenvalue weighted by atomic mass is 10.2. The second kappa shape index (κ2) is 2.20. The van der Waals surface area contributed by atoms with Crippen LogP contribution in [0.15, 0.2) is 30.5 Å². The average molecular weight is 146 g/mol. The van der Waals surface area contributed by atoms with Gasteiger partial charge in [-0.3, -0.25) is 0 Å². The third kappa shape index (κ3) is 1.00. The van der Waals surface area contributed by atoms with Crippen LogP contribution in [-0.4, -0.2) is 15.3 Å². The maximum absolute atomic E-state index is 9.06. The Hall–Kier alpha value is -1.64. The molecular weight excluding hydrogens is 140 g/mol. The molecular formula is C8H6N2O. The zero-order valence-corrected chi connectivity index (χ0v) is 5.73. The first kappa shape index (κ1) is 6.09. The smallest absolute Gasteiger partial charge is 0.117 e. The fraction of sp³-hybridized carbons (Fsp3) is 0. The van der Waals surface area contributed by atoms with Gasteiger partial charge in [0, 0.05) is 11.5 Å². The first-order chi connectivity index (χ1) is 5.36. The van der Waals surface area contributed by atoms with Crippen LogP contribution in [0.1, 0.15) is 0 Å². The standard InChI is InChI=1S/C8H6N2O/c11-7-2-1-6-3-4-9-10-8(6)5-7/h1-5,11H. The lowest BCUT2D eigenvalue weighted by molar-refractivity contribution is 0.476. The van der Waals surface area contributed by atoms with Crippen molar-refractivity contribution >= 4 is 10.9 Å². The summed E-state index contributed by atoms with van der Waals surface area (Å²) in [5, 5.41) is 17.6. The van der Waals surface area contributed by atoms with Crippen molar-refractivity contribution in [2.24, 2.45) is 0 Å². The fourth-order valence-corrected chi connectivity index (χ4v) is 0.969. The molecule has 3 nitrogen and oxygen atoms in total. The summed E-state index contributed by atoms with van der Waals surface area (Å²) in [6.45, 7) is 0. The van der Waals surface area contributed by atoms with Gasteiger partial charge in [-0.1, -0.05) is 0 Å². The highest BCUT2D eigenvalue weighted by Crippen LogP contribution is 2.15. The molecule has 0 atom stereocenters. The third-order valence-electron chi connectivity index (χ3n) is 1.50. The van der Waals surface area contributed by atoms with E-state index < -0.39 is 0 Å². The number of aromatic hydroxyl groups is 1. The molecule has 0 saturated heterocycles. The molecule has 0 fully saturated rings. The van der Waals surface area contributed by atoms with Crippen molar-refractivity contribution in [2.75, 3.05) is 0 Å². The lowest BCUT2D eigenvalue weighted by Gasteiger charge is -1.94. The van der Waals surface area contributed by atoms with Gasteiger partial charge in [-0.15, -0.1) is 0 Å². The van der Waals surface area contributed by atoms with Gasteiger partial charge < -0.3 is 5.11 Å². The maximum atomic E-state index is 9.06. The first-order valence-electron chi connectivity index (χ1n) is 3.27. The molecule has 2 rings (SSSR count). The monoisotopic (exact) mass is 146 g/mol. The minimum Gasteiger partial charge on any atom is -0.508 e. The molecule has 0 radical (unpaired) electrons. The van der Waals surface area contributed by atoms with E-state index in [4.69, 9.17) is 5.11 Å². The van der Waals surface area contributed by atoms with Crippen LogP contribution in [0, 0.1) is 0 Å². The number of aromatic nitrogens is 2. The summed E-state index contributed by atoms with van der Waals surface area (Å²) in [6, 6.07) is 6.87. The molecule has 0 aliphatic rings. The quantitative estimate of drug-likeness (QED) is 0.610. The average Bonchev–Trinajstić information content (AvgIpc) is 2.04. The van der Waals surface area contributed by atoms with E-state index in [-0.39, 0.29) is 5.75 Å². The van der Waals surface area contributed by atoms with Crippen molar-refractivity contribution in [3.8, 4) is 5.75 Å². The molecule has 1 aromatic carbocycles. The van der Waals surface area contributed by atoms with Crippen molar-refractivity contribution in [3.05, 3.63) is 30.5 Å². The molecule has 0 bridgehead atoms. The van der Waals surface area contributed by atoms with Gasteiger partial charge in [0.05, 0.1) is 11.7 Å². The molecule has 0 amide bonds. The van der Waals surface area contributed by atoms with E-state index >= 15 is 0 Å². The van der Waals surface area contributed by atoms with Crippen molar-refractivity contribution in [1.29, 1.82) is 0 Å². The van der Waals surface area contributed by atoms with Crippen LogP contribution in [0.5, 0.6) is 5.75 Å². The molecule has 0 saturated carbocycles. The van der Waals surface area contributed by atoms with E-state index in [1.807, 2.05) is 6.07 Å². The van der Waals surface area contributed by atoms with Crippen molar-refractivity contribution < 1.29 is 5.11 Å². The number of phenolic OH excluding ortho intramolecular Hbond substituents is 1. The molecule has 1 N–H and O–H groups in total. The summed E-state index contributed by atoms with van der Waals surface area (Å²) in [5.74, 6) is 0.220. The van der Waals surface area contributed by atoms with Crippen LogP contribution in [-0.2, 0) is 0 Å². The molecule has 0 spiro atoms. The zero-order valence-electron chi connectivity index (χ0n) is 5.73. The topological polar surface area (TPSA) is 46.0 Å². The summed E-state index contributed by atoms with van der Waals surface area (Å²) in [4.78, 5) is 0. The van der Waals surface area contributed by atoms with E-state index in [9.17, 15) is 0 Å². The second-order valence-electron chi connectivity index (χ2n) is 2.27. The number of benzene rings is 1. The minimum absolute atomic E-state index is 0.220. The Morgan fingerprint density at radius 1 is 1.18 bits per heavy atom. The molecule has 0 aliphatic carbocycles. The Morgan fingerprint density at radius 2 is 2.09 bits per heavy atom. The molecule has 54 valence electrons. The largest absolute Gasteiger partial charge is 0.508 e. The van der Waals surface area contributed by atoms with Gasteiger partial charge in [0.15, 0.2) is 0 Å². The Kier molecular flexibility index (Phi) is 1.22. The van der Waals surface area contributed by atoms with Crippen molar-refractivity contribution in [3.63, 3.8) is 0 Å². The fourth-order valence-electron chi connectivity index (χ4n) is 0.969. The van der Waals surface area contributed by atoms with Crippen LogP contribution in [0.4, 0.5) is 0 Å². The summed E-state index contributed by atoms with van der Waals surface area (Å²) in [6.07, 6.45) is 1.62. The third-order valence-corrected chi connectivity index (χ3v) is 1.50. The Balaban J connectivity index is 2.83. The predicted molar refractivity (Wildman–Crippen MR) is 41.2 cm³/mol. The Labute approximate surface area is 63.3 Å². The van der Waals surface area contributed by atoms with E-state index in [2.05, 4.69) is 10.2 Å². The lowest BCUT2D eigenvalue weighted by Crippen LogP contribution is -1.80. The van der Waals surface area contributed by atoms with Crippen molar-refractivity contribution in [1.82, 2.24) is 10.2 Å². The van der Waals surface area contributed by atoms with Crippen LogP contribution in [0.2, 0.25) is 0 Å². The summed E-state index contributed by atoms with van der Waals surface area (Å²) < 4.78 is 0. The Morgan fingerprint density at radius 3 is 3.00 bits per heavy atom. The van der Waals surface area contributed by atoms with Gasteiger partial charge in [0.1, 0.15) is 5.75 Å². The van der Waals surface area contributed by atoms with Gasteiger partial charge >= 0.3 is 0 Å². The molecule has 1 aromatic heterocycles. The number of hydrogen-bond donors (Lipinski definition) is 1. The van der Waals surface area contributed by atoms with Gasteiger partial charge in [-0.05, 0) is 18.2 Å². The highest BCUT2D eigenvalue weighted by molar-refractivity contribution is 5.78. The Bertz CT molecular complexity index is 387. The number of rotatable bonds is 0. The molecule has 2 aromatic rings. The molecule has 0 unspecified atom stereocenters. The summed E-state index contributed by atoms with van der Waals surface area (Å²) in [7, 11) is 0. The SMILES string of the molecule is Oc1ccc2ccnnc2c1. The number of fused-ring (bicyclic) bond motifs is 1. The number of hydrogen-bond acceptors (Lipinski definition) is 3. The number of phenols is 1. The first-order valence-corrected chi connectivity index (χ1v) is 3.27. The maximum Gasteiger partial charge on any atom is 0.117 e. The van der Waals surface area contributed by atoms with E-state index in [0.29, 0.717) is 5.52 Å². The predicted octanol–water partition coefficient (Wildman–Crippen LogP) is 1.34. The molecule has 1 heterocycles.